The second kappa shape index (κ2) is 10.1. The summed E-state index contributed by atoms with van der Waals surface area (Å²) in [6.45, 7) is 8.06. The van der Waals surface area contributed by atoms with Crippen molar-refractivity contribution in [1.29, 1.82) is 0 Å². The molecular weight excluding hydrogens is 362 g/mol. The van der Waals surface area contributed by atoms with Crippen LogP contribution < -0.4 is 5.32 Å². The summed E-state index contributed by atoms with van der Waals surface area (Å²) in [5.74, 6) is -0.225. The molecule has 2 aliphatic rings. The van der Waals surface area contributed by atoms with Crippen molar-refractivity contribution in [3.8, 4) is 0 Å². The van der Waals surface area contributed by atoms with Gasteiger partial charge in [-0.3, -0.25) is 14.5 Å². The quantitative estimate of drug-likeness (QED) is 0.567. The Bertz CT molecular complexity index is 719. The molecule has 0 spiro atoms. The fourth-order valence-electron chi connectivity index (χ4n) is 4.13. The Labute approximate surface area is 175 Å². The van der Waals surface area contributed by atoms with E-state index in [0.717, 1.165) is 38.9 Å². The number of nitrogens with zero attached hydrogens (tertiary/aromatic N) is 2. The third kappa shape index (κ3) is 5.92. The predicted octanol–water partition coefficient (Wildman–Crippen LogP) is 3.36. The molecule has 1 aromatic carbocycles. The van der Waals surface area contributed by atoms with Crippen molar-refractivity contribution in [2.45, 2.75) is 52.5 Å². The van der Waals surface area contributed by atoms with Crippen molar-refractivity contribution in [3.05, 3.63) is 47.5 Å². The number of benzene rings is 1. The lowest BCUT2D eigenvalue weighted by molar-refractivity contribution is -0.149. The average molecular weight is 398 g/mol. The smallest absolute Gasteiger partial charge is 0.237 e. The maximum Gasteiger partial charge on any atom is 0.237 e. The van der Waals surface area contributed by atoms with Crippen LogP contribution in [-0.4, -0.2) is 54.3 Å². The van der Waals surface area contributed by atoms with Gasteiger partial charge in [0, 0.05) is 39.3 Å². The molecular formula is C24H35N3O2. The largest absolute Gasteiger partial charge is 0.355 e. The molecule has 0 aromatic heterocycles. The van der Waals surface area contributed by atoms with Gasteiger partial charge in [0.2, 0.25) is 11.8 Å². The summed E-state index contributed by atoms with van der Waals surface area (Å²) in [5.41, 5.74) is 1.71. The molecule has 0 atom stereocenters. The molecule has 1 N–H and O–H groups in total. The molecule has 29 heavy (non-hydrogen) atoms. The SMILES string of the molecule is CC(C)(C(=O)NCCC1=CCCCC1)C(=O)N1CCN(Cc2ccccc2)CC1. The van der Waals surface area contributed by atoms with E-state index in [0.29, 0.717) is 19.6 Å². The molecule has 5 nitrogen and oxygen atoms in total. The van der Waals surface area contributed by atoms with Crippen LogP contribution in [0.3, 0.4) is 0 Å². The topological polar surface area (TPSA) is 52.7 Å². The van der Waals surface area contributed by atoms with E-state index in [1.54, 1.807) is 13.8 Å². The molecule has 1 fully saturated rings. The minimum Gasteiger partial charge on any atom is -0.355 e. The number of rotatable bonds is 7. The Morgan fingerprint density at radius 1 is 1.03 bits per heavy atom. The van der Waals surface area contributed by atoms with Crippen molar-refractivity contribution in [3.63, 3.8) is 0 Å². The number of piperazine rings is 1. The second-order valence-corrected chi connectivity index (χ2v) is 8.79. The van der Waals surface area contributed by atoms with Crippen LogP contribution in [0.5, 0.6) is 0 Å². The number of allylic oxidation sites excluding steroid dienone is 1. The van der Waals surface area contributed by atoms with Crippen molar-refractivity contribution in [2.75, 3.05) is 32.7 Å². The summed E-state index contributed by atoms with van der Waals surface area (Å²) in [4.78, 5) is 30.0. The van der Waals surface area contributed by atoms with Crippen LogP contribution in [-0.2, 0) is 16.1 Å². The van der Waals surface area contributed by atoms with Gasteiger partial charge in [-0.25, -0.2) is 0 Å². The van der Waals surface area contributed by atoms with Gasteiger partial charge in [-0.15, -0.1) is 0 Å². The monoisotopic (exact) mass is 397 g/mol. The minimum atomic E-state index is -1.03. The first-order valence-corrected chi connectivity index (χ1v) is 11.0. The second-order valence-electron chi connectivity index (χ2n) is 8.79. The number of carbonyl (C=O) groups is 2. The van der Waals surface area contributed by atoms with Crippen molar-refractivity contribution >= 4 is 11.8 Å². The van der Waals surface area contributed by atoms with E-state index in [1.165, 1.54) is 24.0 Å². The lowest BCUT2D eigenvalue weighted by Crippen LogP contribution is -2.55. The van der Waals surface area contributed by atoms with Gasteiger partial charge in [0.25, 0.3) is 0 Å². The van der Waals surface area contributed by atoms with Crippen LogP contribution in [0.15, 0.2) is 42.0 Å². The summed E-state index contributed by atoms with van der Waals surface area (Å²) >= 11 is 0. The Morgan fingerprint density at radius 2 is 1.76 bits per heavy atom. The maximum atomic E-state index is 13.0. The lowest BCUT2D eigenvalue weighted by Gasteiger charge is -2.38. The third-order valence-corrected chi connectivity index (χ3v) is 6.13. The molecule has 0 bridgehead atoms. The first-order chi connectivity index (χ1) is 14.0. The van der Waals surface area contributed by atoms with Crippen LogP contribution in [0.4, 0.5) is 0 Å². The van der Waals surface area contributed by atoms with Crippen LogP contribution >= 0.6 is 0 Å². The van der Waals surface area contributed by atoms with Crippen molar-refractivity contribution in [2.24, 2.45) is 5.41 Å². The molecule has 1 aliphatic carbocycles. The Morgan fingerprint density at radius 3 is 2.41 bits per heavy atom. The van der Waals surface area contributed by atoms with Gasteiger partial charge < -0.3 is 10.2 Å². The molecule has 5 heteroatoms. The maximum absolute atomic E-state index is 13.0. The summed E-state index contributed by atoms with van der Waals surface area (Å²) in [6, 6.07) is 10.4. The van der Waals surface area contributed by atoms with Gasteiger partial charge in [0.1, 0.15) is 5.41 Å². The predicted molar refractivity (Wildman–Crippen MR) is 116 cm³/mol. The highest BCUT2D eigenvalue weighted by Gasteiger charge is 2.39. The van der Waals surface area contributed by atoms with Crippen LogP contribution in [0.1, 0.15) is 51.5 Å². The van der Waals surface area contributed by atoms with Crippen molar-refractivity contribution in [1.82, 2.24) is 15.1 Å². The van der Waals surface area contributed by atoms with E-state index < -0.39 is 5.41 Å². The first kappa shape index (κ1) is 21.6. The molecule has 0 radical (unpaired) electrons. The van der Waals surface area contributed by atoms with Gasteiger partial charge >= 0.3 is 0 Å². The van der Waals surface area contributed by atoms with Gasteiger partial charge in [-0.2, -0.15) is 0 Å². The molecule has 1 aliphatic heterocycles. The number of amides is 2. The van der Waals surface area contributed by atoms with Crippen LogP contribution in [0.2, 0.25) is 0 Å². The van der Waals surface area contributed by atoms with Crippen LogP contribution in [0, 0.1) is 5.41 Å². The summed E-state index contributed by atoms with van der Waals surface area (Å²) in [6.07, 6.45) is 8.03. The fraction of sp³-hybridized carbons (Fsp3) is 0.583. The zero-order valence-electron chi connectivity index (χ0n) is 18.0. The normalized spacial score (nSPS) is 18.3. The van der Waals surface area contributed by atoms with Gasteiger partial charge in [-0.05, 0) is 51.5 Å². The Hall–Kier alpha value is -2.14. The van der Waals surface area contributed by atoms with Crippen molar-refractivity contribution < 1.29 is 9.59 Å². The average Bonchev–Trinajstić information content (AvgIpc) is 2.75. The molecule has 1 heterocycles. The zero-order valence-corrected chi connectivity index (χ0v) is 18.0. The molecule has 3 rings (SSSR count). The Kier molecular flexibility index (Phi) is 7.48. The van der Waals surface area contributed by atoms with Gasteiger partial charge in [0.15, 0.2) is 0 Å². The molecule has 1 aromatic rings. The van der Waals surface area contributed by atoms with Crippen LogP contribution in [0.25, 0.3) is 0 Å². The fourth-order valence-corrected chi connectivity index (χ4v) is 4.13. The van der Waals surface area contributed by atoms with E-state index >= 15 is 0 Å². The number of hydrogen-bond donors (Lipinski definition) is 1. The minimum absolute atomic E-state index is 0.0637. The highest BCUT2D eigenvalue weighted by atomic mass is 16.2. The number of carbonyl (C=O) groups excluding carboxylic acids is 2. The van der Waals surface area contributed by atoms with Gasteiger partial charge in [-0.1, -0.05) is 42.0 Å². The summed E-state index contributed by atoms with van der Waals surface area (Å²) < 4.78 is 0. The standard InChI is InChI=1S/C24H35N3O2/c1-24(2,22(28)25-14-13-20-9-5-3-6-10-20)23(29)27-17-15-26(16-18-27)19-21-11-7-4-8-12-21/h4,7-9,11-12H,3,5-6,10,13-19H2,1-2H3,(H,25,28). The molecule has 1 saturated heterocycles. The van der Waals surface area contributed by atoms with E-state index in [4.69, 9.17) is 0 Å². The highest BCUT2D eigenvalue weighted by Crippen LogP contribution is 2.22. The Balaban J connectivity index is 1.44. The molecule has 0 unspecified atom stereocenters. The molecule has 0 saturated carbocycles. The lowest BCUT2D eigenvalue weighted by atomic mass is 9.89. The van der Waals surface area contributed by atoms with E-state index in [9.17, 15) is 9.59 Å². The first-order valence-electron chi connectivity index (χ1n) is 11.0. The number of nitrogens with one attached hydrogen (secondary N) is 1. The van der Waals surface area contributed by atoms with Gasteiger partial charge in [0.05, 0.1) is 0 Å². The summed E-state index contributed by atoms with van der Waals surface area (Å²) in [7, 11) is 0. The molecule has 2 amide bonds. The zero-order chi connectivity index (χ0) is 20.7. The van der Waals surface area contributed by atoms with E-state index in [-0.39, 0.29) is 11.8 Å². The van der Waals surface area contributed by atoms with E-state index in [2.05, 4.69) is 40.6 Å². The molecule has 158 valence electrons. The number of hydrogen-bond acceptors (Lipinski definition) is 3. The summed E-state index contributed by atoms with van der Waals surface area (Å²) in [5, 5.41) is 2.99. The highest BCUT2D eigenvalue weighted by molar-refractivity contribution is 6.04. The van der Waals surface area contributed by atoms with E-state index in [1.807, 2.05) is 11.0 Å². The third-order valence-electron chi connectivity index (χ3n) is 6.13.